The first kappa shape index (κ1) is 84.3. The van der Waals surface area contributed by atoms with Crippen molar-refractivity contribution in [3.05, 3.63) is 574 Å². The Morgan fingerprint density at radius 2 is 0.224 bits per heavy atom. The predicted octanol–water partition coefficient (Wildman–Crippen LogP) is 27.7. The maximum Gasteiger partial charge on any atom is 0.0552 e. The van der Waals surface area contributed by atoms with Gasteiger partial charge in [0.1, 0.15) is 0 Å². The van der Waals surface area contributed by atoms with Crippen LogP contribution in [0.5, 0.6) is 0 Å². The molecule has 0 aliphatic carbocycles. The number of aryl methyl sites for hydroxylation is 4. The summed E-state index contributed by atoms with van der Waals surface area (Å²) < 4.78 is 0. The fourth-order valence-corrected chi connectivity index (χ4v) is 14.7. The topological polar surface area (TPSA) is 13.0 Å². The highest BCUT2D eigenvalue weighted by atomic mass is 15.3. The van der Waals surface area contributed by atoms with Crippen molar-refractivity contribution in [3.8, 4) is 0 Å². The molecule has 0 aromatic heterocycles. The third kappa shape index (κ3) is 29.1. The minimum Gasteiger partial charge on any atom is -0.286 e. The van der Waals surface area contributed by atoms with Crippen LogP contribution in [0.4, 0.5) is 0 Å². The molecule has 116 heavy (non-hydrogen) atoms. The van der Waals surface area contributed by atoms with Crippen LogP contribution in [0.1, 0.15) is 113 Å². The normalized spacial score (nSPS) is 11.7. The van der Waals surface area contributed by atoms with Crippen molar-refractivity contribution in [2.45, 2.75) is 104 Å². The predicted molar refractivity (Wildman–Crippen MR) is 490 cm³/mol. The van der Waals surface area contributed by atoms with E-state index in [1.807, 2.05) is 72.8 Å². The van der Waals surface area contributed by atoms with Gasteiger partial charge in [0.05, 0.1) is 24.2 Å². The van der Waals surface area contributed by atoms with Crippen LogP contribution >= 0.6 is 0 Å². The van der Waals surface area contributed by atoms with Gasteiger partial charge >= 0.3 is 0 Å². The van der Waals surface area contributed by atoms with Gasteiger partial charge in [-0.3, -0.25) is 19.6 Å². The third-order valence-electron chi connectivity index (χ3n) is 20.3. The summed E-state index contributed by atoms with van der Waals surface area (Å²) in [4.78, 5) is 10.7. The van der Waals surface area contributed by atoms with Gasteiger partial charge in [-0.05, 0) is 94.5 Å². The lowest BCUT2D eigenvalue weighted by atomic mass is 9.89. The molecule has 0 heterocycles. The largest absolute Gasteiger partial charge is 0.286 e. The maximum absolute atomic E-state index is 2.68. The highest BCUT2D eigenvalue weighted by molar-refractivity contribution is 5.35. The van der Waals surface area contributed by atoms with Crippen LogP contribution in [0.3, 0.4) is 0 Å². The van der Waals surface area contributed by atoms with E-state index < -0.39 is 0 Å². The Balaban J connectivity index is 0.000000170. The van der Waals surface area contributed by atoms with Crippen molar-refractivity contribution in [1.82, 2.24) is 19.6 Å². The second kappa shape index (κ2) is 48.4. The maximum atomic E-state index is 2.68. The second-order valence-electron chi connectivity index (χ2n) is 29.5. The molecule has 4 heteroatoms. The molecule has 0 bridgehead atoms. The summed E-state index contributed by atoms with van der Waals surface area (Å²) in [5.41, 5.74) is 21.1. The lowest BCUT2D eigenvalue weighted by molar-refractivity contribution is 0.0546. The second-order valence-corrected chi connectivity index (χ2v) is 29.5. The highest BCUT2D eigenvalue weighted by Gasteiger charge is 2.37. The molecule has 0 unspecified atom stereocenters. The molecule has 4 nitrogen and oxygen atoms in total. The number of benzene rings is 16. The van der Waals surface area contributed by atoms with Crippen molar-refractivity contribution >= 4 is 0 Å². The number of hydrogen-bond acceptors (Lipinski definition) is 4. The van der Waals surface area contributed by atoms with E-state index in [1.165, 1.54) is 89.0 Å². The molecule has 4 atom stereocenters. The quantitative estimate of drug-likeness (QED) is 0.0536. The number of rotatable bonds is 26. The van der Waals surface area contributed by atoms with E-state index >= 15 is 0 Å². The van der Waals surface area contributed by atoms with Gasteiger partial charge < -0.3 is 0 Å². The standard InChI is InChI=1S/2C42H40N2.4C7H8/c2*1-7-19-35(20-8-1)31-43(32-36-21-9-2-10-22-36)41(39-27-15-5-16-28-39)42(40-29-17-6-18-30-40)44(33-37-23-11-3-12-24-37)34-38-25-13-4-14-26-38;4*1-7-5-3-2-4-6-7/h2*1-30,41-42H,31-34H2;4*2-6H,1H3/t2*41-,42+;;;;. The molecular formula is C112H112N4. The Labute approximate surface area is 693 Å². The van der Waals surface area contributed by atoms with Crippen molar-refractivity contribution < 1.29 is 0 Å². The number of nitrogens with zero attached hydrogens (tertiary/aromatic N) is 4. The van der Waals surface area contributed by atoms with Crippen LogP contribution in [-0.2, 0) is 52.4 Å². The van der Waals surface area contributed by atoms with E-state index in [0.717, 1.165) is 52.4 Å². The average molecular weight is 1510 g/mol. The molecule has 0 amide bonds. The summed E-state index contributed by atoms with van der Waals surface area (Å²) in [6.07, 6.45) is 0. The van der Waals surface area contributed by atoms with Crippen LogP contribution in [0, 0.1) is 27.7 Å². The molecule has 0 N–H and O–H groups in total. The van der Waals surface area contributed by atoms with E-state index in [1.54, 1.807) is 0 Å². The van der Waals surface area contributed by atoms with Gasteiger partial charge in [-0.1, -0.05) is 508 Å². The molecule has 0 radical (unpaired) electrons. The Hall–Kier alpha value is -12.6. The zero-order valence-corrected chi connectivity index (χ0v) is 67.9. The molecule has 0 saturated heterocycles. The van der Waals surface area contributed by atoms with Crippen LogP contribution in [0.25, 0.3) is 0 Å². The smallest absolute Gasteiger partial charge is 0.0552 e. The lowest BCUT2D eigenvalue weighted by Gasteiger charge is -2.43. The fraction of sp³-hybridized carbons (Fsp3) is 0.143. The summed E-state index contributed by atoms with van der Waals surface area (Å²) in [6, 6.07) is 173. The Kier molecular flexibility index (Phi) is 35.2. The summed E-state index contributed by atoms with van der Waals surface area (Å²) in [7, 11) is 0. The minimum absolute atomic E-state index is 0.0754. The van der Waals surface area contributed by atoms with Crippen LogP contribution in [0.2, 0.25) is 0 Å². The summed E-state index contributed by atoms with van der Waals surface area (Å²) in [6.45, 7) is 15.0. The van der Waals surface area contributed by atoms with Crippen molar-refractivity contribution in [2.75, 3.05) is 0 Å². The molecule has 16 rings (SSSR count). The van der Waals surface area contributed by atoms with Crippen molar-refractivity contribution in [2.24, 2.45) is 0 Å². The van der Waals surface area contributed by atoms with Gasteiger partial charge in [-0.2, -0.15) is 0 Å². The zero-order valence-electron chi connectivity index (χ0n) is 67.9. The molecule has 0 aliphatic heterocycles. The average Bonchev–Trinajstić information content (AvgIpc) is 0.786. The first-order valence-electron chi connectivity index (χ1n) is 40.8. The summed E-state index contributed by atoms with van der Waals surface area (Å²) in [5.74, 6) is 0. The van der Waals surface area contributed by atoms with Crippen LogP contribution in [-0.4, -0.2) is 19.6 Å². The molecule has 0 aliphatic rings. The van der Waals surface area contributed by atoms with Crippen LogP contribution < -0.4 is 0 Å². The van der Waals surface area contributed by atoms with Gasteiger partial charge in [-0.15, -0.1) is 0 Å². The summed E-state index contributed by atoms with van der Waals surface area (Å²) >= 11 is 0. The van der Waals surface area contributed by atoms with E-state index in [2.05, 4.69) is 460 Å². The first-order chi connectivity index (χ1) is 57.2. The van der Waals surface area contributed by atoms with E-state index in [9.17, 15) is 0 Å². The minimum atomic E-state index is 0.0754. The fourth-order valence-electron chi connectivity index (χ4n) is 14.7. The first-order valence-corrected chi connectivity index (χ1v) is 40.8. The molecule has 0 saturated carbocycles. The van der Waals surface area contributed by atoms with Gasteiger partial charge in [0.2, 0.25) is 0 Å². The van der Waals surface area contributed by atoms with E-state index in [0.29, 0.717) is 0 Å². The zero-order chi connectivity index (χ0) is 80.1. The Morgan fingerprint density at radius 3 is 0.319 bits per heavy atom. The molecule has 0 fully saturated rings. The van der Waals surface area contributed by atoms with E-state index in [-0.39, 0.29) is 24.2 Å². The Bertz CT molecular complexity index is 4300. The van der Waals surface area contributed by atoms with Gasteiger partial charge in [0.25, 0.3) is 0 Å². The van der Waals surface area contributed by atoms with Crippen LogP contribution in [0.15, 0.2) is 485 Å². The molecule has 0 spiro atoms. The highest BCUT2D eigenvalue weighted by Crippen LogP contribution is 2.44. The Morgan fingerprint density at radius 1 is 0.129 bits per heavy atom. The number of hydrogen-bond donors (Lipinski definition) is 0. The van der Waals surface area contributed by atoms with Crippen molar-refractivity contribution in [1.29, 1.82) is 0 Å². The van der Waals surface area contributed by atoms with E-state index in [4.69, 9.17) is 0 Å². The SMILES string of the molecule is Cc1ccccc1.Cc1ccccc1.Cc1ccccc1.Cc1ccccc1.c1ccc(CN(Cc2ccccc2)[C@H](c2ccccc2)[C@H](c2ccccc2)N(Cc2ccccc2)Cc2ccccc2)cc1.c1ccc(CN(Cc2ccccc2)[C@H](c2ccccc2)[C@H](c2ccccc2)N(Cc2ccccc2)Cc2ccccc2)cc1. The molecule has 16 aromatic carbocycles. The molecule has 16 aromatic rings. The summed E-state index contributed by atoms with van der Waals surface area (Å²) in [5, 5.41) is 0. The van der Waals surface area contributed by atoms with Gasteiger partial charge in [-0.25, -0.2) is 0 Å². The monoisotopic (exact) mass is 1510 g/mol. The van der Waals surface area contributed by atoms with Gasteiger partial charge in [0, 0.05) is 52.4 Å². The molecule has 580 valence electrons. The van der Waals surface area contributed by atoms with Crippen molar-refractivity contribution in [3.63, 3.8) is 0 Å². The third-order valence-corrected chi connectivity index (χ3v) is 20.3. The molecular weight excluding hydrogens is 1400 g/mol. The van der Waals surface area contributed by atoms with Gasteiger partial charge in [0.15, 0.2) is 0 Å². The lowest BCUT2D eigenvalue weighted by Crippen LogP contribution is -2.40.